The average Bonchev–Trinajstić information content (AvgIpc) is 2.81. The minimum atomic E-state index is -1.22. The molecule has 2 unspecified atom stereocenters. The van der Waals surface area contributed by atoms with Gasteiger partial charge in [-0.25, -0.2) is 0 Å². The number of methoxy groups -OCH3 is 2. The highest BCUT2D eigenvalue weighted by molar-refractivity contribution is 6.00. The van der Waals surface area contributed by atoms with Crippen LogP contribution in [-0.4, -0.2) is 43.2 Å². The normalized spacial score (nSPS) is 37.5. The van der Waals surface area contributed by atoms with Gasteiger partial charge < -0.3 is 28.4 Å². The molecule has 0 amide bonds. The number of allylic oxidation sites excluding steroid dienone is 2. The van der Waals surface area contributed by atoms with Gasteiger partial charge in [0.2, 0.25) is 0 Å². The zero-order chi connectivity index (χ0) is 18.4. The van der Waals surface area contributed by atoms with Crippen LogP contribution < -0.4 is 0 Å². The van der Waals surface area contributed by atoms with Crippen LogP contribution in [-0.2, 0) is 33.2 Å². The fourth-order valence-corrected chi connectivity index (χ4v) is 2.59. The first kappa shape index (κ1) is 18.9. The molecule has 2 aliphatic rings. The Bertz CT molecular complexity index is 540. The predicted octanol–water partition coefficient (Wildman–Crippen LogP) is 2.61. The molecule has 2 saturated heterocycles. The van der Waals surface area contributed by atoms with Crippen molar-refractivity contribution in [2.24, 2.45) is 0 Å². The molecule has 0 saturated carbocycles. The van der Waals surface area contributed by atoms with Crippen LogP contribution in [0.3, 0.4) is 0 Å². The quantitative estimate of drug-likeness (QED) is 0.727. The first-order valence-electron chi connectivity index (χ1n) is 7.72. The van der Waals surface area contributed by atoms with E-state index < -0.39 is 23.1 Å². The van der Waals surface area contributed by atoms with Gasteiger partial charge in [0.05, 0.1) is 0 Å². The van der Waals surface area contributed by atoms with Gasteiger partial charge in [-0.15, -0.1) is 0 Å². The maximum Gasteiger partial charge on any atom is 0.324 e. The molecule has 0 aromatic heterocycles. The summed E-state index contributed by atoms with van der Waals surface area (Å²) in [5.74, 6) is -2.00. The third-order valence-electron chi connectivity index (χ3n) is 3.95. The van der Waals surface area contributed by atoms with Crippen LogP contribution in [0.1, 0.15) is 41.5 Å². The number of carbonyl (C=O) groups excluding carboxylic acids is 1. The first-order valence-corrected chi connectivity index (χ1v) is 7.72. The number of carbonyl (C=O) groups is 1. The van der Waals surface area contributed by atoms with Crippen molar-refractivity contribution in [1.29, 1.82) is 0 Å². The maximum absolute atomic E-state index is 12.4. The predicted molar refractivity (Wildman–Crippen MR) is 84.5 cm³/mol. The highest BCUT2D eigenvalue weighted by Gasteiger charge is 2.49. The summed E-state index contributed by atoms with van der Waals surface area (Å²) in [5, 5.41) is 0. The summed E-state index contributed by atoms with van der Waals surface area (Å²) in [6.45, 7) is 10.5. The van der Waals surface area contributed by atoms with Crippen LogP contribution in [0, 0.1) is 0 Å². The minimum Gasteiger partial charge on any atom is -0.440 e. The maximum atomic E-state index is 12.4. The number of ketones is 1. The lowest BCUT2D eigenvalue weighted by molar-refractivity contribution is -0.318. The number of hydrogen-bond donors (Lipinski definition) is 0. The molecule has 0 radical (unpaired) electrons. The molecule has 24 heavy (non-hydrogen) atoms. The number of ether oxygens (including phenoxy) is 6. The molecule has 2 atom stereocenters. The van der Waals surface area contributed by atoms with Crippen LogP contribution >= 0.6 is 0 Å². The summed E-state index contributed by atoms with van der Waals surface area (Å²) < 4.78 is 33.0. The van der Waals surface area contributed by atoms with E-state index in [0.29, 0.717) is 11.5 Å². The van der Waals surface area contributed by atoms with Gasteiger partial charge in [-0.2, -0.15) is 0 Å². The zero-order valence-corrected chi connectivity index (χ0v) is 15.5. The summed E-state index contributed by atoms with van der Waals surface area (Å²) in [6.07, 6.45) is 2.72. The Kier molecular flexibility index (Phi) is 4.60. The molecule has 7 nitrogen and oxygen atoms in total. The monoisotopic (exact) mass is 342 g/mol. The molecule has 0 aromatic rings. The van der Waals surface area contributed by atoms with E-state index in [2.05, 4.69) is 0 Å². The van der Waals surface area contributed by atoms with Crippen molar-refractivity contribution in [3.8, 4) is 0 Å². The largest absolute Gasteiger partial charge is 0.440 e. The lowest BCUT2D eigenvalue weighted by atomic mass is 10.0. The van der Waals surface area contributed by atoms with Crippen LogP contribution in [0.25, 0.3) is 0 Å². The SMILES string of the molecule is COC1(C)O/C(=C\C(=O)/C=C2/OC(C)(OC)OC2(C)C)C(C)(C)O1. The Morgan fingerprint density at radius 3 is 1.38 bits per heavy atom. The standard InChI is InChI=1S/C17H26O7/c1-14(2)12(21-16(5,19-7)23-14)9-11(18)10-13-15(3,4)24-17(6,20-8)22-13/h9-10H,1-8H3/b12-9-,13-10+. The van der Waals surface area contributed by atoms with Crippen molar-refractivity contribution in [2.75, 3.05) is 14.2 Å². The van der Waals surface area contributed by atoms with Crippen LogP contribution in [0.4, 0.5) is 0 Å². The Labute approximate surface area is 142 Å². The summed E-state index contributed by atoms with van der Waals surface area (Å²) in [4.78, 5) is 12.4. The topological polar surface area (TPSA) is 72.5 Å². The Hall–Kier alpha value is -1.41. The highest BCUT2D eigenvalue weighted by atomic mass is 16.9. The van der Waals surface area contributed by atoms with Gasteiger partial charge in [-0.3, -0.25) is 4.79 Å². The zero-order valence-electron chi connectivity index (χ0n) is 15.5. The van der Waals surface area contributed by atoms with Crippen molar-refractivity contribution < 1.29 is 33.2 Å². The van der Waals surface area contributed by atoms with Gasteiger partial charge in [-0.05, 0) is 27.7 Å². The van der Waals surface area contributed by atoms with Gasteiger partial charge in [0, 0.05) is 40.2 Å². The summed E-state index contributed by atoms with van der Waals surface area (Å²) in [5.41, 5.74) is -1.58. The van der Waals surface area contributed by atoms with E-state index in [-0.39, 0.29) is 5.78 Å². The second kappa shape index (κ2) is 5.84. The fourth-order valence-electron chi connectivity index (χ4n) is 2.59. The van der Waals surface area contributed by atoms with Crippen molar-refractivity contribution >= 4 is 5.78 Å². The lowest BCUT2D eigenvalue weighted by Gasteiger charge is -2.21. The Morgan fingerprint density at radius 2 is 1.12 bits per heavy atom. The third kappa shape index (κ3) is 3.64. The van der Waals surface area contributed by atoms with Gasteiger partial charge in [0.15, 0.2) is 5.78 Å². The van der Waals surface area contributed by atoms with Crippen molar-refractivity contribution in [2.45, 2.75) is 64.7 Å². The van der Waals surface area contributed by atoms with Crippen LogP contribution in [0.15, 0.2) is 23.7 Å². The van der Waals surface area contributed by atoms with E-state index in [1.807, 2.05) is 0 Å². The van der Waals surface area contributed by atoms with E-state index in [9.17, 15) is 4.79 Å². The van der Waals surface area contributed by atoms with Gasteiger partial charge in [0.1, 0.15) is 22.7 Å². The van der Waals surface area contributed by atoms with Crippen molar-refractivity contribution in [1.82, 2.24) is 0 Å². The van der Waals surface area contributed by atoms with E-state index in [1.54, 1.807) is 41.5 Å². The van der Waals surface area contributed by atoms with Crippen LogP contribution in [0.5, 0.6) is 0 Å². The van der Waals surface area contributed by atoms with Crippen LogP contribution in [0.2, 0.25) is 0 Å². The molecular weight excluding hydrogens is 316 g/mol. The molecule has 2 rings (SSSR count). The highest BCUT2D eigenvalue weighted by Crippen LogP contribution is 2.41. The second-order valence-electron chi connectivity index (χ2n) is 6.98. The first-order chi connectivity index (χ1) is 10.8. The summed E-state index contributed by atoms with van der Waals surface area (Å²) >= 11 is 0. The van der Waals surface area contributed by atoms with E-state index in [1.165, 1.54) is 26.4 Å². The van der Waals surface area contributed by atoms with Gasteiger partial charge >= 0.3 is 11.9 Å². The molecule has 7 heteroatoms. The molecule has 0 aromatic carbocycles. The molecular formula is C17H26O7. The summed E-state index contributed by atoms with van der Waals surface area (Å²) in [6, 6.07) is 0. The molecule has 136 valence electrons. The van der Waals surface area contributed by atoms with E-state index >= 15 is 0 Å². The molecule has 0 spiro atoms. The average molecular weight is 342 g/mol. The second-order valence-corrected chi connectivity index (χ2v) is 6.98. The number of rotatable bonds is 4. The minimum absolute atomic E-state index is 0.311. The molecule has 2 fully saturated rings. The summed E-state index contributed by atoms with van der Waals surface area (Å²) in [7, 11) is 2.95. The molecule has 0 aliphatic carbocycles. The molecule has 2 aliphatic heterocycles. The smallest absolute Gasteiger partial charge is 0.324 e. The molecule has 2 heterocycles. The molecule has 0 N–H and O–H groups in total. The van der Waals surface area contributed by atoms with E-state index in [4.69, 9.17) is 28.4 Å². The molecule has 0 bridgehead atoms. The van der Waals surface area contributed by atoms with E-state index in [0.717, 1.165) is 0 Å². The number of hydrogen-bond acceptors (Lipinski definition) is 7. The third-order valence-corrected chi connectivity index (χ3v) is 3.95. The van der Waals surface area contributed by atoms with Gasteiger partial charge in [0.25, 0.3) is 0 Å². The fraction of sp³-hybridized carbons (Fsp3) is 0.706. The van der Waals surface area contributed by atoms with Crippen molar-refractivity contribution in [3.63, 3.8) is 0 Å². The Morgan fingerprint density at radius 1 is 0.792 bits per heavy atom. The van der Waals surface area contributed by atoms with Crippen molar-refractivity contribution in [3.05, 3.63) is 23.7 Å². The van der Waals surface area contributed by atoms with Gasteiger partial charge in [-0.1, -0.05) is 0 Å². The lowest BCUT2D eigenvalue weighted by Crippen LogP contribution is -2.31. The Balaban J connectivity index is 2.24.